The van der Waals surface area contributed by atoms with Crippen molar-refractivity contribution in [2.24, 2.45) is 7.05 Å². The lowest BCUT2D eigenvalue weighted by molar-refractivity contribution is 0.102. The quantitative estimate of drug-likeness (QED) is 0.639. The minimum Gasteiger partial charge on any atom is -0.485 e. The molecule has 0 aliphatic heterocycles. The SMILES string of the molecule is Cn1ccc(NC(=O)c2cc(Oc3ccncc3)cc(OC(CF)CF)c2)n1. The summed E-state index contributed by atoms with van der Waals surface area (Å²) in [6.45, 7) is -2.00. The monoisotopic (exact) mass is 388 g/mol. The van der Waals surface area contributed by atoms with E-state index < -0.39 is 25.4 Å². The summed E-state index contributed by atoms with van der Waals surface area (Å²) in [4.78, 5) is 16.5. The second-order valence-corrected chi connectivity index (χ2v) is 5.86. The Morgan fingerprint density at radius 3 is 2.46 bits per heavy atom. The first kappa shape index (κ1) is 19.3. The van der Waals surface area contributed by atoms with Crippen LogP contribution in [0.1, 0.15) is 10.4 Å². The molecule has 146 valence electrons. The van der Waals surface area contributed by atoms with Crippen molar-refractivity contribution in [1.82, 2.24) is 14.8 Å². The summed E-state index contributed by atoms with van der Waals surface area (Å²) in [6.07, 6.45) is 3.52. The Balaban J connectivity index is 1.88. The van der Waals surface area contributed by atoms with Crippen LogP contribution in [0.15, 0.2) is 55.0 Å². The average Bonchev–Trinajstić information content (AvgIpc) is 3.11. The summed E-state index contributed by atoms with van der Waals surface area (Å²) < 4.78 is 38.2. The number of aryl methyl sites for hydroxylation is 1. The van der Waals surface area contributed by atoms with Crippen LogP contribution in [0.5, 0.6) is 17.2 Å². The summed E-state index contributed by atoms with van der Waals surface area (Å²) in [5.41, 5.74) is 0.184. The molecule has 0 aliphatic carbocycles. The van der Waals surface area contributed by atoms with Crippen molar-refractivity contribution in [1.29, 1.82) is 0 Å². The van der Waals surface area contributed by atoms with E-state index in [2.05, 4.69) is 15.4 Å². The minimum absolute atomic E-state index is 0.109. The molecule has 0 bridgehead atoms. The molecule has 28 heavy (non-hydrogen) atoms. The molecule has 0 unspecified atom stereocenters. The van der Waals surface area contributed by atoms with Gasteiger partial charge in [-0.05, 0) is 24.3 Å². The topological polar surface area (TPSA) is 78.3 Å². The molecule has 3 rings (SSSR count). The van der Waals surface area contributed by atoms with Crippen molar-refractivity contribution in [2.75, 3.05) is 18.7 Å². The van der Waals surface area contributed by atoms with Crippen LogP contribution in [-0.2, 0) is 7.05 Å². The predicted octanol–water partition coefficient (Wildman–Crippen LogP) is 3.55. The number of amides is 1. The zero-order chi connectivity index (χ0) is 19.9. The van der Waals surface area contributed by atoms with Gasteiger partial charge < -0.3 is 14.8 Å². The maximum Gasteiger partial charge on any atom is 0.257 e. The number of halogens is 2. The van der Waals surface area contributed by atoms with Gasteiger partial charge in [0.25, 0.3) is 5.91 Å². The Morgan fingerprint density at radius 2 is 1.82 bits per heavy atom. The van der Waals surface area contributed by atoms with Gasteiger partial charge in [0, 0.05) is 43.3 Å². The summed E-state index contributed by atoms with van der Waals surface area (Å²) in [5, 5.41) is 6.72. The lowest BCUT2D eigenvalue weighted by atomic mass is 10.2. The van der Waals surface area contributed by atoms with Crippen LogP contribution in [0.3, 0.4) is 0 Å². The number of nitrogens with zero attached hydrogens (tertiary/aromatic N) is 3. The molecule has 7 nitrogen and oxygen atoms in total. The zero-order valence-corrected chi connectivity index (χ0v) is 15.0. The molecule has 0 spiro atoms. The highest BCUT2D eigenvalue weighted by atomic mass is 19.1. The van der Waals surface area contributed by atoms with Crippen LogP contribution in [0, 0.1) is 0 Å². The second kappa shape index (κ2) is 8.94. The Bertz CT molecular complexity index is 930. The number of hydrogen-bond donors (Lipinski definition) is 1. The van der Waals surface area contributed by atoms with Gasteiger partial charge in [0.1, 0.15) is 30.6 Å². The van der Waals surface area contributed by atoms with E-state index in [1.165, 1.54) is 18.2 Å². The molecule has 3 aromatic rings. The molecule has 0 atom stereocenters. The maximum absolute atomic E-state index is 12.8. The van der Waals surface area contributed by atoms with Crippen molar-refractivity contribution < 1.29 is 23.0 Å². The molecule has 0 aliphatic rings. The lowest BCUT2D eigenvalue weighted by Gasteiger charge is -2.15. The first-order valence-electron chi connectivity index (χ1n) is 8.40. The van der Waals surface area contributed by atoms with Crippen LogP contribution in [0.4, 0.5) is 14.6 Å². The van der Waals surface area contributed by atoms with E-state index in [1.54, 1.807) is 48.5 Å². The third-order valence-electron chi connectivity index (χ3n) is 3.63. The van der Waals surface area contributed by atoms with Gasteiger partial charge in [0.2, 0.25) is 0 Å². The van der Waals surface area contributed by atoms with Crippen molar-refractivity contribution in [3.05, 3.63) is 60.6 Å². The van der Waals surface area contributed by atoms with Gasteiger partial charge >= 0.3 is 0 Å². The van der Waals surface area contributed by atoms with Crippen LogP contribution in [0.2, 0.25) is 0 Å². The first-order valence-corrected chi connectivity index (χ1v) is 8.40. The largest absolute Gasteiger partial charge is 0.485 e. The average molecular weight is 388 g/mol. The van der Waals surface area contributed by atoms with E-state index in [0.29, 0.717) is 11.6 Å². The number of benzene rings is 1. The number of pyridine rings is 1. The third kappa shape index (κ3) is 5.03. The molecule has 1 amide bonds. The molecule has 0 saturated heterocycles. The van der Waals surface area contributed by atoms with Crippen LogP contribution in [0.25, 0.3) is 0 Å². The molecule has 0 fully saturated rings. The van der Waals surface area contributed by atoms with Gasteiger partial charge in [-0.1, -0.05) is 0 Å². The van der Waals surface area contributed by atoms with E-state index in [-0.39, 0.29) is 17.1 Å². The van der Waals surface area contributed by atoms with Gasteiger partial charge in [-0.2, -0.15) is 5.10 Å². The summed E-state index contributed by atoms with van der Waals surface area (Å²) in [5.74, 6) is 0.752. The number of aromatic nitrogens is 3. The van der Waals surface area contributed by atoms with Gasteiger partial charge in [-0.3, -0.25) is 14.5 Å². The van der Waals surface area contributed by atoms with Crippen LogP contribution < -0.4 is 14.8 Å². The van der Waals surface area contributed by atoms with Crippen LogP contribution in [-0.4, -0.2) is 40.1 Å². The summed E-state index contributed by atoms with van der Waals surface area (Å²) >= 11 is 0. The van der Waals surface area contributed by atoms with Gasteiger partial charge in [-0.25, -0.2) is 8.78 Å². The fourth-order valence-electron chi connectivity index (χ4n) is 2.34. The van der Waals surface area contributed by atoms with Crippen molar-refractivity contribution in [3.8, 4) is 17.2 Å². The van der Waals surface area contributed by atoms with Crippen molar-refractivity contribution in [2.45, 2.75) is 6.10 Å². The van der Waals surface area contributed by atoms with E-state index >= 15 is 0 Å². The molecule has 2 heterocycles. The van der Waals surface area contributed by atoms with Gasteiger partial charge in [0.05, 0.1) is 0 Å². The number of nitrogens with one attached hydrogen (secondary N) is 1. The molecule has 2 aromatic heterocycles. The van der Waals surface area contributed by atoms with E-state index in [4.69, 9.17) is 9.47 Å². The Labute approximate surface area is 159 Å². The minimum atomic E-state index is -1.26. The van der Waals surface area contributed by atoms with Crippen LogP contribution >= 0.6 is 0 Å². The van der Waals surface area contributed by atoms with Gasteiger partial charge in [-0.15, -0.1) is 0 Å². The van der Waals surface area contributed by atoms with Crippen molar-refractivity contribution >= 4 is 11.7 Å². The molecular formula is C19H18F2N4O3. The second-order valence-electron chi connectivity index (χ2n) is 5.86. The summed E-state index contributed by atoms with van der Waals surface area (Å²) in [7, 11) is 1.72. The number of ether oxygens (including phenoxy) is 2. The van der Waals surface area contributed by atoms with Gasteiger partial charge in [0.15, 0.2) is 11.9 Å². The van der Waals surface area contributed by atoms with E-state index in [0.717, 1.165) is 0 Å². The number of hydrogen-bond acceptors (Lipinski definition) is 5. The summed E-state index contributed by atoms with van der Waals surface area (Å²) in [6, 6.07) is 9.23. The third-order valence-corrected chi connectivity index (χ3v) is 3.63. The number of rotatable bonds is 8. The Hall–Kier alpha value is -3.49. The van der Waals surface area contributed by atoms with E-state index in [1.807, 2.05) is 0 Å². The molecule has 0 radical (unpaired) electrons. The predicted molar refractivity (Wildman–Crippen MR) is 98.3 cm³/mol. The zero-order valence-electron chi connectivity index (χ0n) is 15.0. The highest BCUT2D eigenvalue weighted by Crippen LogP contribution is 2.28. The smallest absolute Gasteiger partial charge is 0.257 e. The number of carbonyl (C=O) groups excluding carboxylic acids is 1. The highest BCUT2D eigenvalue weighted by Gasteiger charge is 2.15. The normalized spacial score (nSPS) is 10.7. The number of carbonyl (C=O) groups is 1. The number of alkyl halides is 2. The molecule has 1 aromatic carbocycles. The van der Waals surface area contributed by atoms with E-state index in [9.17, 15) is 13.6 Å². The maximum atomic E-state index is 12.8. The highest BCUT2D eigenvalue weighted by molar-refractivity contribution is 6.04. The fourth-order valence-corrected chi connectivity index (χ4v) is 2.34. The fraction of sp³-hybridized carbons (Fsp3) is 0.211. The first-order chi connectivity index (χ1) is 13.6. The Morgan fingerprint density at radius 1 is 1.11 bits per heavy atom. The molecule has 9 heteroatoms. The molecular weight excluding hydrogens is 370 g/mol. The standard InChI is InChI=1S/C19H18F2N4O3/c1-25-7-4-18(24-25)23-19(26)13-8-15(27-14-2-5-22-6-3-14)10-16(9-13)28-17(11-20)12-21/h2-10,17H,11-12H2,1H3,(H,23,24,26). The molecule has 0 saturated carbocycles. The van der Waals surface area contributed by atoms with Crippen molar-refractivity contribution in [3.63, 3.8) is 0 Å². The lowest BCUT2D eigenvalue weighted by Crippen LogP contribution is -2.21. The Kier molecular flexibility index (Phi) is 6.15. The number of anilines is 1. The molecule has 1 N–H and O–H groups in total.